The smallest absolute Gasteiger partial charge is 0.408 e. The van der Waals surface area contributed by atoms with Gasteiger partial charge in [-0.2, -0.15) is 0 Å². The molecule has 1 aromatic rings. The minimum Gasteiger partial charge on any atom is -0.465 e. The van der Waals surface area contributed by atoms with Gasteiger partial charge < -0.3 is 14.8 Å². The molecule has 0 saturated heterocycles. The maximum atomic E-state index is 11.9. The number of hydrogen-bond acceptors (Lipinski definition) is 5. The minimum atomic E-state index is -0.539. The van der Waals surface area contributed by atoms with Gasteiger partial charge in [0.1, 0.15) is 5.60 Å². The molecule has 1 aromatic heterocycles. The summed E-state index contributed by atoms with van der Waals surface area (Å²) in [5.74, 6) is -0.431. The zero-order valence-electron chi connectivity index (χ0n) is 12.7. The Hall–Kier alpha value is -2.11. The Bertz CT molecular complexity index is 542. The van der Waals surface area contributed by atoms with Gasteiger partial charge >= 0.3 is 12.1 Å². The average Bonchev–Trinajstić information content (AvgIpc) is 3.16. The van der Waals surface area contributed by atoms with Gasteiger partial charge in [-0.3, -0.25) is 4.98 Å². The number of pyridine rings is 1. The fourth-order valence-electron chi connectivity index (χ4n) is 1.98. The normalized spacial score (nSPS) is 16.0. The number of esters is 1. The van der Waals surface area contributed by atoms with Gasteiger partial charge in [0.2, 0.25) is 0 Å². The van der Waals surface area contributed by atoms with Crippen molar-refractivity contribution in [2.24, 2.45) is 0 Å². The van der Waals surface area contributed by atoms with Crippen LogP contribution >= 0.6 is 0 Å². The van der Waals surface area contributed by atoms with Crippen molar-refractivity contribution in [3.8, 4) is 0 Å². The van der Waals surface area contributed by atoms with E-state index in [-0.39, 0.29) is 0 Å². The number of methoxy groups -OCH3 is 1. The van der Waals surface area contributed by atoms with Crippen molar-refractivity contribution >= 4 is 12.1 Å². The first-order valence-electron chi connectivity index (χ1n) is 6.82. The molecular weight excluding hydrogens is 272 g/mol. The lowest BCUT2D eigenvalue weighted by Gasteiger charge is -2.23. The van der Waals surface area contributed by atoms with Crippen molar-refractivity contribution in [1.82, 2.24) is 10.3 Å². The first-order valence-corrected chi connectivity index (χ1v) is 6.82. The lowest BCUT2D eigenvalue weighted by atomic mass is 10.1. The van der Waals surface area contributed by atoms with Crippen LogP contribution in [0.2, 0.25) is 0 Å². The third kappa shape index (κ3) is 3.71. The number of hydrogen-bond donors (Lipinski definition) is 1. The van der Waals surface area contributed by atoms with Crippen LogP contribution in [-0.4, -0.2) is 29.8 Å². The van der Waals surface area contributed by atoms with Crippen LogP contribution in [0.4, 0.5) is 4.79 Å². The molecule has 6 nitrogen and oxygen atoms in total. The van der Waals surface area contributed by atoms with E-state index in [4.69, 9.17) is 4.74 Å². The molecule has 1 aliphatic rings. The van der Waals surface area contributed by atoms with Crippen LogP contribution in [-0.2, 0) is 15.0 Å². The Labute approximate surface area is 123 Å². The number of ether oxygens (including phenoxy) is 2. The standard InChI is InChI=1S/C15H20N2O4/c1-14(2,3)21-13(19)17-15(7-8-15)11-6-5-10(9-16-11)12(18)20-4/h5-6,9H,7-8H2,1-4H3,(H,17,19). The molecule has 1 N–H and O–H groups in total. The maximum absolute atomic E-state index is 11.9. The van der Waals surface area contributed by atoms with Crippen molar-refractivity contribution in [3.63, 3.8) is 0 Å². The van der Waals surface area contributed by atoms with E-state index in [1.165, 1.54) is 13.3 Å². The van der Waals surface area contributed by atoms with Crippen LogP contribution in [0, 0.1) is 0 Å². The lowest BCUT2D eigenvalue weighted by Crippen LogP contribution is -2.39. The Morgan fingerprint density at radius 1 is 1.29 bits per heavy atom. The van der Waals surface area contributed by atoms with E-state index < -0.39 is 23.2 Å². The average molecular weight is 292 g/mol. The summed E-state index contributed by atoms with van der Waals surface area (Å²) in [6.45, 7) is 5.45. The summed E-state index contributed by atoms with van der Waals surface area (Å²) in [6, 6.07) is 3.38. The second-order valence-corrected chi connectivity index (χ2v) is 6.13. The van der Waals surface area contributed by atoms with E-state index in [1.807, 2.05) is 20.8 Å². The van der Waals surface area contributed by atoms with Crippen molar-refractivity contribution < 1.29 is 19.1 Å². The van der Waals surface area contributed by atoms with Crippen LogP contribution in [0.25, 0.3) is 0 Å². The molecule has 0 unspecified atom stereocenters. The summed E-state index contributed by atoms with van der Waals surface area (Å²) in [5.41, 5.74) is 0.0922. The summed E-state index contributed by atoms with van der Waals surface area (Å²) in [4.78, 5) is 27.5. The number of aromatic nitrogens is 1. The topological polar surface area (TPSA) is 77.5 Å². The highest BCUT2D eigenvalue weighted by Gasteiger charge is 2.47. The summed E-state index contributed by atoms with van der Waals surface area (Å²) >= 11 is 0. The zero-order chi connectivity index (χ0) is 15.7. The largest absolute Gasteiger partial charge is 0.465 e. The van der Waals surface area contributed by atoms with Crippen molar-refractivity contribution in [3.05, 3.63) is 29.6 Å². The van der Waals surface area contributed by atoms with E-state index in [2.05, 4.69) is 15.0 Å². The minimum absolute atomic E-state index is 0.384. The molecule has 0 radical (unpaired) electrons. The molecule has 1 amide bonds. The highest BCUT2D eigenvalue weighted by Crippen LogP contribution is 2.44. The summed E-state index contributed by atoms with van der Waals surface area (Å²) in [5, 5.41) is 2.86. The number of nitrogens with one attached hydrogen (secondary N) is 1. The number of amides is 1. The molecule has 114 valence electrons. The second-order valence-electron chi connectivity index (χ2n) is 6.13. The van der Waals surface area contributed by atoms with E-state index in [0.29, 0.717) is 5.56 Å². The molecule has 2 rings (SSSR count). The van der Waals surface area contributed by atoms with Crippen LogP contribution < -0.4 is 5.32 Å². The fourth-order valence-corrected chi connectivity index (χ4v) is 1.98. The molecule has 0 spiro atoms. The highest BCUT2D eigenvalue weighted by molar-refractivity contribution is 5.88. The SMILES string of the molecule is COC(=O)c1ccc(C2(NC(=O)OC(C)(C)C)CC2)nc1. The van der Waals surface area contributed by atoms with Gasteiger partial charge in [-0.1, -0.05) is 0 Å². The van der Waals surface area contributed by atoms with Gasteiger partial charge in [0.05, 0.1) is 23.9 Å². The Kier molecular flexibility index (Phi) is 3.89. The van der Waals surface area contributed by atoms with Gasteiger partial charge in [-0.25, -0.2) is 9.59 Å². The quantitative estimate of drug-likeness (QED) is 0.865. The van der Waals surface area contributed by atoms with E-state index in [0.717, 1.165) is 18.5 Å². The number of rotatable bonds is 3. The Morgan fingerprint density at radius 2 is 1.95 bits per heavy atom. The predicted molar refractivity (Wildman–Crippen MR) is 75.9 cm³/mol. The molecule has 1 aliphatic carbocycles. The van der Waals surface area contributed by atoms with Crippen molar-refractivity contribution in [1.29, 1.82) is 0 Å². The fraction of sp³-hybridized carbons (Fsp3) is 0.533. The second kappa shape index (κ2) is 5.35. The monoisotopic (exact) mass is 292 g/mol. The zero-order valence-corrected chi connectivity index (χ0v) is 12.7. The summed E-state index contributed by atoms with van der Waals surface area (Å²) in [6.07, 6.45) is 2.60. The molecule has 21 heavy (non-hydrogen) atoms. The first kappa shape index (κ1) is 15.3. The molecule has 6 heteroatoms. The van der Waals surface area contributed by atoms with Crippen LogP contribution in [0.15, 0.2) is 18.3 Å². The van der Waals surface area contributed by atoms with Gasteiger partial charge in [-0.15, -0.1) is 0 Å². The summed E-state index contributed by atoms with van der Waals surface area (Å²) in [7, 11) is 1.32. The van der Waals surface area contributed by atoms with Gasteiger partial charge in [0, 0.05) is 6.20 Å². The predicted octanol–water partition coefficient (Wildman–Crippen LogP) is 2.38. The molecule has 1 saturated carbocycles. The number of carbonyl (C=O) groups excluding carboxylic acids is 2. The third-order valence-electron chi connectivity index (χ3n) is 3.17. The molecular formula is C15H20N2O4. The third-order valence-corrected chi connectivity index (χ3v) is 3.17. The molecule has 1 fully saturated rings. The van der Waals surface area contributed by atoms with Crippen molar-refractivity contribution in [2.45, 2.75) is 44.8 Å². The van der Waals surface area contributed by atoms with Gasteiger partial charge in [-0.05, 0) is 45.7 Å². The number of nitrogens with zero attached hydrogens (tertiary/aromatic N) is 1. The van der Waals surface area contributed by atoms with Crippen LogP contribution in [0.3, 0.4) is 0 Å². The Balaban J connectivity index is 2.07. The molecule has 0 aromatic carbocycles. The van der Waals surface area contributed by atoms with Gasteiger partial charge in [0.25, 0.3) is 0 Å². The highest BCUT2D eigenvalue weighted by atomic mass is 16.6. The number of alkyl carbamates (subject to hydrolysis) is 1. The van der Waals surface area contributed by atoms with Gasteiger partial charge in [0.15, 0.2) is 0 Å². The van der Waals surface area contributed by atoms with E-state index >= 15 is 0 Å². The van der Waals surface area contributed by atoms with E-state index in [1.54, 1.807) is 12.1 Å². The summed E-state index contributed by atoms with van der Waals surface area (Å²) < 4.78 is 9.89. The van der Waals surface area contributed by atoms with Crippen molar-refractivity contribution in [2.75, 3.05) is 7.11 Å². The Morgan fingerprint density at radius 3 is 2.38 bits per heavy atom. The molecule has 0 aliphatic heterocycles. The lowest BCUT2D eigenvalue weighted by molar-refractivity contribution is 0.0492. The molecule has 0 atom stereocenters. The molecule has 1 heterocycles. The number of carbonyl (C=O) groups is 2. The van der Waals surface area contributed by atoms with Crippen LogP contribution in [0.5, 0.6) is 0 Å². The maximum Gasteiger partial charge on any atom is 0.408 e. The first-order chi connectivity index (χ1) is 9.76. The van der Waals surface area contributed by atoms with E-state index in [9.17, 15) is 9.59 Å². The van der Waals surface area contributed by atoms with Crippen LogP contribution in [0.1, 0.15) is 49.7 Å². The molecule has 0 bridgehead atoms.